The van der Waals surface area contributed by atoms with Crippen LogP contribution in [0.2, 0.25) is 10.0 Å². The third kappa shape index (κ3) is 4.50. The minimum atomic E-state index is 0.557. The summed E-state index contributed by atoms with van der Waals surface area (Å²) < 4.78 is 11.0. The van der Waals surface area contributed by atoms with Crippen LogP contribution in [0.1, 0.15) is 5.56 Å². The van der Waals surface area contributed by atoms with Crippen LogP contribution in [-0.2, 0) is 0 Å². The fourth-order valence-corrected chi connectivity index (χ4v) is 3.24. The minimum Gasteiger partial charge on any atom is -0.497 e. The Morgan fingerprint density at radius 3 is 2.59 bits per heavy atom. The summed E-state index contributed by atoms with van der Waals surface area (Å²) in [7, 11) is 1.63. The molecule has 0 aliphatic heterocycles. The Hall–Kier alpha value is -3.08. The first-order valence-electron chi connectivity index (χ1n) is 8.83. The lowest BCUT2D eigenvalue weighted by molar-refractivity contribution is 0.415. The summed E-state index contributed by atoms with van der Waals surface area (Å²) >= 11 is 12.1. The number of methoxy groups -OCH3 is 1. The fourth-order valence-electron chi connectivity index (χ4n) is 2.77. The normalized spacial score (nSPS) is 11.7. The predicted molar refractivity (Wildman–Crippen MR) is 120 cm³/mol. The number of hydrogen-bond acceptors (Lipinski definition) is 4. The topological polar surface area (TPSA) is 47.6 Å². The number of nitrogens with zero attached hydrogens (tertiary/aromatic N) is 2. The maximum atomic E-state index is 6.15. The van der Waals surface area contributed by atoms with Gasteiger partial charge in [0.15, 0.2) is 5.58 Å². The van der Waals surface area contributed by atoms with E-state index in [0.717, 1.165) is 28.1 Å². The molecule has 0 atom stereocenters. The number of allylic oxidation sites excluding steroid dienone is 1. The van der Waals surface area contributed by atoms with E-state index in [2.05, 4.69) is 9.98 Å². The number of ether oxygens (including phenoxy) is 1. The molecule has 29 heavy (non-hydrogen) atoms. The van der Waals surface area contributed by atoms with Crippen molar-refractivity contribution in [2.24, 2.45) is 4.99 Å². The van der Waals surface area contributed by atoms with Gasteiger partial charge in [-0.25, -0.2) is 4.98 Å². The largest absolute Gasteiger partial charge is 0.497 e. The van der Waals surface area contributed by atoms with Gasteiger partial charge in [0, 0.05) is 21.8 Å². The Labute approximate surface area is 178 Å². The van der Waals surface area contributed by atoms with Gasteiger partial charge in [0.1, 0.15) is 11.3 Å². The molecular weight excluding hydrogens is 407 g/mol. The number of aromatic nitrogens is 1. The zero-order valence-corrected chi connectivity index (χ0v) is 17.0. The average molecular weight is 423 g/mol. The van der Waals surface area contributed by atoms with Crippen molar-refractivity contribution < 1.29 is 9.15 Å². The highest BCUT2D eigenvalue weighted by molar-refractivity contribution is 6.35. The molecular formula is C23H16Cl2N2O2. The van der Waals surface area contributed by atoms with E-state index in [0.29, 0.717) is 21.5 Å². The summed E-state index contributed by atoms with van der Waals surface area (Å²) in [4.78, 5) is 9.01. The van der Waals surface area contributed by atoms with Gasteiger partial charge in [-0.1, -0.05) is 35.3 Å². The average Bonchev–Trinajstić information content (AvgIpc) is 3.16. The molecule has 0 unspecified atom stereocenters. The van der Waals surface area contributed by atoms with Gasteiger partial charge in [-0.15, -0.1) is 0 Å². The molecule has 0 aliphatic carbocycles. The molecule has 1 heterocycles. The minimum absolute atomic E-state index is 0.557. The van der Waals surface area contributed by atoms with Crippen molar-refractivity contribution in [1.29, 1.82) is 0 Å². The molecule has 0 amide bonds. The highest BCUT2D eigenvalue weighted by atomic mass is 35.5. The maximum Gasteiger partial charge on any atom is 0.227 e. The van der Waals surface area contributed by atoms with Crippen LogP contribution in [0.5, 0.6) is 5.75 Å². The molecule has 0 radical (unpaired) electrons. The van der Waals surface area contributed by atoms with Crippen molar-refractivity contribution in [3.63, 3.8) is 0 Å². The van der Waals surface area contributed by atoms with E-state index in [1.165, 1.54) is 0 Å². The summed E-state index contributed by atoms with van der Waals surface area (Å²) in [5, 5.41) is 1.20. The zero-order chi connectivity index (χ0) is 20.2. The van der Waals surface area contributed by atoms with E-state index in [-0.39, 0.29) is 0 Å². The van der Waals surface area contributed by atoms with Crippen LogP contribution in [0, 0.1) is 0 Å². The molecule has 4 aromatic rings. The fraction of sp³-hybridized carbons (Fsp3) is 0.0435. The van der Waals surface area contributed by atoms with Crippen LogP contribution in [-0.4, -0.2) is 18.3 Å². The Bertz CT molecular complexity index is 1210. The molecule has 0 aliphatic rings. The van der Waals surface area contributed by atoms with Crippen molar-refractivity contribution >= 4 is 52.3 Å². The van der Waals surface area contributed by atoms with Crippen LogP contribution in [0.15, 0.2) is 76.1 Å². The van der Waals surface area contributed by atoms with Crippen LogP contribution in [0.25, 0.3) is 28.6 Å². The molecule has 144 valence electrons. The first-order chi connectivity index (χ1) is 14.1. The lowest BCUT2D eigenvalue weighted by atomic mass is 10.2. The van der Waals surface area contributed by atoms with Crippen molar-refractivity contribution in [3.05, 3.63) is 82.3 Å². The molecule has 0 spiro atoms. The Morgan fingerprint density at radius 1 is 1.00 bits per heavy atom. The Balaban J connectivity index is 1.52. The van der Waals surface area contributed by atoms with E-state index < -0.39 is 0 Å². The molecule has 0 N–H and O–H groups in total. The number of fused-ring (bicyclic) bond motifs is 1. The molecule has 1 aromatic heterocycles. The van der Waals surface area contributed by atoms with Crippen molar-refractivity contribution in [1.82, 2.24) is 4.98 Å². The van der Waals surface area contributed by atoms with Crippen molar-refractivity contribution in [2.75, 3.05) is 7.11 Å². The third-order valence-corrected chi connectivity index (χ3v) is 4.82. The summed E-state index contributed by atoms with van der Waals surface area (Å²) in [5.74, 6) is 1.34. The van der Waals surface area contributed by atoms with Gasteiger partial charge < -0.3 is 9.15 Å². The van der Waals surface area contributed by atoms with Gasteiger partial charge in [-0.05, 0) is 66.2 Å². The van der Waals surface area contributed by atoms with E-state index >= 15 is 0 Å². The second-order valence-corrected chi connectivity index (χ2v) is 7.05. The predicted octanol–water partition coefficient (Wildman–Crippen LogP) is 7.23. The van der Waals surface area contributed by atoms with E-state index in [9.17, 15) is 0 Å². The highest BCUT2D eigenvalue weighted by Crippen LogP contribution is 2.28. The third-order valence-electron chi connectivity index (χ3n) is 4.26. The second kappa shape index (κ2) is 8.52. The molecule has 4 rings (SSSR count). The molecule has 6 heteroatoms. The summed E-state index contributed by atoms with van der Waals surface area (Å²) in [6, 6.07) is 18.6. The first kappa shape index (κ1) is 19.2. The van der Waals surface area contributed by atoms with Gasteiger partial charge in [-0.2, -0.15) is 0 Å². The number of rotatable bonds is 5. The van der Waals surface area contributed by atoms with Gasteiger partial charge in [0.25, 0.3) is 0 Å². The van der Waals surface area contributed by atoms with Crippen LogP contribution < -0.4 is 4.74 Å². The molecule has 3 aromatic carbocycles. The lowest BCUT2D eigenvalue weighted by Gasteiger charge is -1.99. The maximum absolute atomic E-state index is 6.15. The smallest absolute Gasteiger partial charge is 0.227 e. The quantitative estimate of drug-likeness (QED) is 0.318. The zero-order valence-electron chi connectivity index (χ0n) is 15.5. The van der Waals surface area contributed by atoms with Crippen molar-refractivity contribution in [2.45, 2.75) is 0 Å². The number of hydrogen-bond donors (Lipinski definition) is 0. The van der Waals surface area contributed by atoms with Gasteiger partial charge >= 0.3 is 0 Å². The van der Waals surface area contributed by atoms with Gasteiger partial charge in [0.05, 0.1) is 12.8 Å². The van der Waals surface area contributed by atoms with Gasteiger partial charge in [-0.3, -0.25) is 4.99 Å². The van der Waals surface area contributed by atoms with E-state index in [1.807, 2.05) is 60.7 Å². The molecule has 0 fully saturated rings. The van der Waals surface area contributed by atoms with E-state index in [4.69, 9.17) is 32.4 Å². The summed E-state index contributed by atoms with van der Waals surface area (Å²) in [5.41, 5.74) is 3.99. The standard InChI is InChI=1S/C23H16Cl2N2O2/c1-28-19-9-5-16(6-10-19)23-27-21-14-18(8-11-22(21)29-23)26-12-2-3-15-4-7-17(24)13-20(15)25/h2-14H,1H3. The van der Waals surface area contributed by atoms with Crippen LogP contribution in [0.3, 0.4) is 0 Å². The molecule has 0 saturated heterocycles. The summed E-state index contributed by atoms with van der Waals surface area (Å²) in [6.07, 6.45) is 5.40. The molecule has 0 bridgehead atoms. The van der Waals surface area contributed by atoms with Crippen molar-refractivity contribution in [3.8, 4) is 17.2 Å². The number of oxazole rings is 1. The monoisotopic (exact) mass is 422 g/mol. The van der Waals surface area contributed by atoms with Gasteiger partial charge in [0.2, 0.25) is 5.89 Å². The molecule has 0 saturated carbocycles. The SMILES string of the molecule is COc1ccc(-c2nc3cc(N=CC=Cc4ccc(Cl)cc4Cl)ccc3o2)cc1. The van der Waals surface area contributed by atoms with Crippen LogP contribution in [0.4, 0.5) is 5.69 Å². The van der Waals surface area contributed by atoms with Crippen LogP contribution >= 0.6 is 23.2 Å². The molecule has 4 nitrogen and oxygen atoms in total. The van der Waals surface area contributed by atoms with E-state index in [1.54, 1.807) is 25.5 Å². The lowest BCUT2D eigenvalue weighted by Crippen LogP contribution is -1.82. The second-order valence-electron chi connectivity index (χ2n) is 6.20. The highest BCUT2D eigenvalue weighted by Gasteiger charge is 2.08. The number of aliphatic imine (C=N–C) groups is 1. The Kier molecular flexibility index (Phi) is 5.65. The summed E-state index contributed by atoms with van der Waals surface area (Å²) in [6.45, 7) is 0. The Morgan fingerprint density at radius 2 is 1.83 bits per heavy atom. The number of benzene rings is 3. The number of halogens is 2. The first-order valence-corrected chi connectivity index (χ1v) is 9.59.